The molecule has 0 unspecified atom stereocenters. The number of aromatic amines is 1. The zero-order valence-corrected chi connectivity index (χ0v) is 10.9. The molecule has 3 aromatic rings. The molecule has 0 radical (unpaired) electrons. The standard InChI is InChI=1S/C13H14N6O/c1-8-2-3-15-6-10(8)12-18-13(20-19-12)11(14)4-9-5-16-7-17-9/h2-3,5-7,11H,4,14H2,1H3,(H,16,17)/t11-/m0/s1. The summed E-state index contributed by atoms with van der Waals surface area (Å²) in [4.78, 5) is 15.4. The quantitative estimate of drug-likeness (QED) is 0.742. The third kappa shape index (κ3) is 2.43. The summed E-state index contributed by atoms with van der Waals surface area (Å²) in [6.07, 6.45) is 7.34. The van der Waals surface area contributed by atoms with Crippen LogP contribution >= 0.6 is 0 Å². The Morgan fingerprint density at radius 2 is 2.25 bits per heavy atom. The molecule has 0 saturated carbocycles. The first-order valence-corrected chi connectivity index (χ1v) is 6.21. The summed E-state index contributed by atoms with van der Waals surface area (Å²) in [5.41, 5.74) is 8.86. The van der Waals surface area contributed by atoms with Crippen LogP contribution in [0.5, 0.6) is 0 Å². The van der Waals surface area contributed by atoms with Gasteiger partial charge in [-0.25, -0.2) is 4.98 Å². The summed E-state index contributed by atoms with van der Waals surface area (Å²) in [7, 11) is 0. The summed E-state index contributed by atoms with van der Waals surface area (Å²) in [5, 5.41) is 3.97. The number of pyridine rings is 1. The predicted octanol–water partition coefficient (Wildman–Crippen LogP) is 1.41. The second kappa shape index (κ2) is 5.22. The number of aromatic nitrogens is 5. The summed E-state index contributed by atoms with van der Waals surface area (Å²) >= 11 is 0. The minimum Gasteiger partial charge on any atom is -0.348 e. The highest BCUT2D eigenvalue weighted by Gasteiger charge is 2.17. The number of nitrogens with zero attached hydrogens (tertiary/aromatic N) is 4. The molecule has 0 fully saturated rings. The maximum absolute atomic E-state index is 6.06. The number of nitrogens with one attached hydrogen (secondary N) is 1. The fraction of sp³-hybridized carbons (Fsp3) is 0.231. The van der Waals surface area contributed by atoms with Gasteiger partial charge in [-0.05, 0) is 18.6 Å². The maximum Gasteiger partial charge on any atom is 0.244 e. The fourth-order valence-corrected chi connectivity index (χ4v) is 1.91. The Labute approximate surface area is 115 Å². The summed E-state index contributed by atoms with van der Waals surface area (Å²) in [5.74, 6) is 0.906. The first kappa shape index (κ1) is 12.5. The monoisotopic (exact) mass is 270 g/mol. The Morgan fingerprint density at radius 1 is 1.35 bits per heavy atom. The van der Waals surface area contributed by atoms with E-state index in [0.717, 1.165) is 16.8 Å². The van der Waals surface area contributed by atoms with Crippen LogP contribution in [0.2, 0.25) is 0 Å². The number of imidazole rings is 1. The Kier molecular flexibility index (Phi) is 3.26. The molecule has 3 aromatic heterocycles. The average Bonchev–Trinajstić information content (AvgIpc) is 3.10. The highest BCUT2D eigenvalue weighted by molar-refractivity contribution is 5.57. The summed E-state index contributed by atoms with van der Waals surface area (Å²) < 4.78 is 5.24. The molecule has 0 spiro atoms. The second-order valence-corrected chi connectivity index (χ2v) is 4.53. The molecule has 3 N–H and O–H groups in total. The molecule has 7 heteroatoms. The van der Waals surface area contributed by atoms with E-state index in [1.165, 1.54) is 0 Å². The number of hydrogen-bond donors (Lipinski definition) is 2. The van der Waals surface area contributed by atoms with E-state index in [1.54, 1.807) is 24.9 Å². The third-order valence-corrected chi connectivity index (χ3v) is 3.03. The van der Waals surface area contributed by atoms with E-state index in [1.807, 2.05) is 13.0 Å². The average molecular weight is 270 g/mol. The lowest BCUT2D eigenvalue weighted by Crippen LogP contribution is -2.14. The van der Waals surface area contributed by atoms with Gasteiger partial charge in [0.15, 0.2) is 0 Å². The minimum atomic E-state index is -0.367. The van der Waals surface area contributed by atoms with Crippen molar-refractivity contribution in [3.63, 3.8) is 0 Å². The number of hydrogen-bond acceptors (Lipinski definition) is 6. The van der Waals surface area contributed by atoms with Gasteiger partial charge in [0.25, 0.3) is 0 Å². The molecular formula is C13H14N6O. The molecule has 102 valence electrons. The van der Waals surface area contributed by atoms with Gasteiger partial charge in [0.1, 0.15) is 0 Å². The van der Waals surface area contributed by atoms with E-state index in [2.05, 4.69) is 25.1 Å². The van der Waals surface area contributed by atoms with Gasteiger partial charge in [0.05, 0.1) is 12.4 Å². The van der Waals surface area contributed by atoms with Crippen LogP contribution in [0.25, 0.3) is 11.4 Å². The van der Waals surface area contributed by atoms with Gasteiger partial charge >= 0.3 is 0 Å². The third-order valence-electron chi connectivity index (χ3n) is 3.03. The van der Waals surface area contributed by atoms with Gasteiger partial charge in [-0.2, -0.15) is 4.98 Å². The van der Waals surface area contributed by atoms with Gasteiger partial charge in [-0.3, -0.25) is 4.98 Å². The minimum absolute atomic E-state index is 0.367. The molecule has 3 heterocycles. The van der Waals surface area contributed by atoms with Crippen LogP contribution in [0.3, 0.4) is 0 Å². The Hall–Kier alpha value is -2.54. The van der Waals surface area contributed by atoms with E-state index >= 15 is 0 Å². The van der Waals surface area contributed by atoms with E-state index < -0.39 is 0 Å². The predicted molar refractivity (Wildman–Crippen MR) is 71.5 cm³/mol. The van der Waals surface area contributed by atoms with Crippen molar-refractivity contribution in [3.8, 4) is 11.4 Å². The van der Waals surface area contributed by atoms with Crippen LogP contribution in [0.4, 0.5) is 0 Å². The maximum atomic E-state index is 6.06. The van der Waals surface area contributed by atoms with Crippen molar-refractivity contribution in [2.45, 2.75) is 19.4 Å². The van der Waals surface area contributed by atoms with Crippen molar-refractivity contribution >= 4 is 0 Å². The smallest absolute Gasteiger partial charge is 0.244 e. The number of nitrogens with two attached hydrogens (primary N) is 1. The van der Waals surface area contributed by atoms with Crippen molar-refractivity contribution in [3.05, 3.63) is 48.1 Å². The van der Waals surface area contributed by atoms with E-state index in [0.29, 0.717) is 18.1 Å². The summed E-state index contributed by atoms with van der Waals surface area (Å²) in [6.45, 7) is 1.97. The first-order valence-electron chi connectivity index (χ1n) is 6.21. The van der Waals surface area contributed by atoms with Crippen molar-refractivity contribution in [2.24, 2.45) is 5.73 Å². The van der Waals surface area contributed by atoms with Crippen LogP contribution in [0.1, 0.15) is 23.2 Å². The Morgan fingerprint density at radius 3 is 3.00 bits per heavy atom. The molecule has 0 aliphatic carbocycles. The van der Waals surface area contributed by atoms with Crippen LogP contribution in [0, 0.1) is 6.92 Å². The van der Waals surface area contributed by atoms with Crippen molar-refractivity contribution in [1.82, 2.24) is 25.1 Å². The van der Waals surface area contributed by atoms with E-state index in [9.17, 15) is 0 Å². The van der Waals surface area contributed by atoms with E-state index in [4.69, 9.17) is 10.3 Å². The van der Waals surface area contributed by atoms with Crippen LogP contribution in [0.15, 0.2) is 35.5 Å². The lowest BCUT2D eigenvalue weighted by molar-refractivity contribution is 0.354. The Bertz CT molecular complexity index is 690. The van der Waals surface area contributed by atoms with Crippen LogP contribution in [-0.2, 0) is 6.42 Å². The fourth-order valence-electron chi connectivity index (χ4n) is 1.91. The normalized spacial score (nSPS) is 12.5. The zero-order valence-electron chi connectivity index (χ0n) is 10.9. The number of rotatable bonds is 4. The van der Waals surface area contributed by atoms with Crippen LogP contribution < -0.4 is 5.73 Å². The zero-order chi connectivity index (χ0) is 13.9. The molecule has 0 aliphatic rings. The largest absolute Gasteiger partial charge is 0.348 e. The molecule has 1 atom stereocenters. The SMILES string of the molecule is Cc1ccncc1-c1noc([C@@H](N)Cc2cnc[nH]2)n1. The van der Waals surface area contributed by atoms with Crippen molar-refractivity contribution < 1.29 is 4.52 Å². The molecular weight excluding hydrogens is 256 g/mol. The number of aryl methyl sites for hydroxylation is 1. The molecule has 0 bridgehead atoms. The first-order chi connectivity index (χ1) is 9.74. The summed E-state index contributed by atoms with van der Waals surface area (Å²) in [6, 6.07) is 1.53. The van der Waals surface area contributed by atoms with Gasteiger partial charge in [-0.15, -0.1) is 0 Å². The van der Waals surface area contributed by atoms with Gasteiger partial charge in [0, 0.05) is 36.3 Å². The topological polar surface area (TPSA) is 107 Å². The molecule has 0 aromatic carbocycles. The highest BCUT2D eigenvalue weighted by atomic mass is 16.5. The van der Waals surface area contributed by atoms with Crippen LogP contribution in [-0.4, -0.2) is 25.1 Å². The second-order valence-electron chi connectivity index (χ2n) is 4.53. The van der Waals surface area contributed by atoms with Crippen molar-refractivity contribution in [1.29, 1.82) is 0 Å². The highest BCUT2D eigenvalue weighted by Crippen LogP contribution is 2.21. The van der Waals surface area contributed by atoms with Gasteiger partial charge in [-0.1, -0.05) is 5.16 Å². The van der Waals surface area contributed by atoms with Gasteiger partial charge in [0.2, 0.25) is 11.7 Å². The number of H-pyrrole nitrogens is 1. The molecule has 0 aliphatic heterocycles. The van der Waals surface area contributed by atoms with Crippen molar-refractivity contribution in [2.75, 3.05) is 0 Å². The Balaban J connectivity index is 1.81. The molecule has 3 rings (SSSR count). The van der Waals surface area contributed by atoms with E-state index in [-0.39, 0.29) is 6.04 Å². The molecule has 20 heavy (non-hydrogen) atoms. The molecule has 0 amide bonds. The lowest BCUT2D eigenvalue weighted by Gasteiger charge is -2.03. The lowest BCUT2D eigenvalue weighted by atomic mass is 10.1. The van der Waals surface area contributed by atoms with Gasteiger partial charge < -0.3 is 15.2 Å². The molecule has 7 nitrogen and oxygen atoms in total. The molecule has 0 saturated heterocycles.